The van der Waals surface area contributed by atoms with Crippen LogP contribution < -0.4 is 0 Å². The normalized spacial score (nSPS) is 22.2. The van der Waals surface area contributed by atoms with E-state index in [9.17, 15) is 9.59 Å². The Hall–Kier alpha value is -1.49. The molecule has 24 heavy (non-hydrogen) atoms. The summed E-state index contributed by atoms with van der Waals surface area (Å²) in [4.78, 5) is 29.4. The predicted octanol–water partition coefficient (Wildman–Crippen LogP) is 3.38. The minimum absolute atomic E-state index is 0.0341. The van der Waals surface area contributed by atoms with Gasteiger partial charge in [-0.1, -0.05) is 43.9 Å². The summed E-state index contributed by atoms with van der Waals surface area (Å²) < 4.78 is 0. The molecule has 1 saturated carbocycles. The maximum Gasteiger partial charge on any atom is 0.255 e. The summed E-state index contributed by atoms with van der Waals surface area (Å²) in [5.41, 5.74) is 0.662. The van der Waals surface area contributed by atoms with Gasteiger partial charge in [0.1, 0.15) is 6.04 Å². The number of hydrogen-bond donors (Lipinski definition) is 0. The van der Waals surface area contributed by atoms with Gasteiger partial charge in [0.15, 0.2) is 0 Å². The third-order valence-electron chi connectivity index (χ3n) is 5.17. The van der Waals surface area contributed by atoms with Gasteiger partial charge in [0.25, 0.3) is 5.91 Å². The van der Waals surface area contributed by atoms with Crippen molar-refractivity contribution >= 4 is 23.6 Å². The van der Waals surface area contributed by atoms with E-state index in [1.165, 1.54) is 25.7 Å². The first-order valence-electron chi connectivity index (χ1n) is 8.89. The van der Waals surface area contributed by atoms with E-state index in [1.54, 1.807) is 16.7 Å². The summed E-state index contributed by atoms with van der Waals surface area (Å²) in [5, 5.41) is 0. The van der Waals surface area contributed by atoms with E-state index >= 15 is 0 Å². The second kappa shape index (κ2) is 8.06. The number of hydrogen-bond acceptors (Lipinski definition) is 3. The summed E-state index contributed by atoms with van der Waals surface area (Å²) in [6.07, 6.45) is 7.14. The molecular formula is C19H26N2O2S. The standard InChI is InChI=1S/C19H26N2O2S/c1-20(16-11-7-2-3-8-12-16)19(23)17-13-24-14-21(17)18(22)15-9-5-4-6-10-15/h4-6,9-10,16-17H,2-3,7-8,11-14H2,1H3/t17-/m0/s1. The number of likely N-dealkylation sites (N-methyl/N-ethyl adjacent to an activating group) is 1. The molecule has 1 saturated heterocycles. The Morgan fingerprint density at radius 2 is 1.75 bits per heavy atom. The van der Waals surface area contributed by atoms with Gasteiger partial charge >= 0.3 is 0 Å². The fourth-order valence-electron chi connectivity index (χ4n) is 3.65. The van der Waals surface area contributed by atoms with Crippen molar-refractivity contribution in [1.29, 1.82) is 0 Å². The van der Waals surface area contributed by atoms with Gasteiger partial charge < -0.3 is 9.80 Å². The lowest BCUT2D eigenvalue weighted by atomic mass is 10.1. The van der Waals surface area contributed by atoms with Gasteiger partial charge in [-0.3, -0.25) is 9.59 Å². The van der Waals surface area contributed by atoms with Crippen LogP contribution in [0.25, 0.3) is 0 Å². The third kappa shape index (κ3) is 3.77. The van der Waals surface area contributed by atoms with E-state index in [0.717, 1.165) is 12.8 Å². The molecule has 2 amide bonds. The van der Waals surface area contributed by atoms with Crippen molar-refractivity contribution in [2.45, 2.75) is 50.6 Å². The van der Waals surface area contributed by atoms with Crippen molar-refractivity contribution in [3.8, 4) is 0 Å². The number of carbonyl (C=O) groups is 2. The molecule has 3 rings (SSSR count). The lowest BCUT2D eigenvalue weighted by Crippen LogP contribution is -2.50. The minimum atomic E-state index is -0.323. The van der Waals surface area contributed by atoms with E-state index in [2.05, 4.69) is 0 Å². The average molecular weight is 346 g/mol. The molecule has 2 aliphatic rings. The SMILES string of the molecule is CN(C(=O)[C@@H]1CSCN1C(=O)c1ccccc1)C1CCCCCC1. The topological polar surface area (TPSA) is 40.6 Å². The molecule has 0 N–H and O–H groups in total. The summed E-state index contributed by atoms with van der Waals surface area (Å²) in [7, 11) is 1.92. The van der Waals surface area contributed by atoms with Crippen LogP contribution in [0.1, 0.15) is 48.9 Å². The van der Waals surface area contributed by atoms with Crippen LogP contribution >= 0.6 is 11.8 Å². The number of amides is 2. The quantitative estimate of drug-likeness (QED) is 0.788. The molecule has 2 fully saturated rings. The van der Waals surface area contributed by atoms with Crippen LogP contribution in [-0.2, 0) is 4.79 Å². The number of carbonyl (C=O) groups excluding carboxylic acids is 2. The zero-order chi connectivity index (χ0) is 16.9. The van der Waals surface area contributed by atoms with Crippen LogP contribution in [0.15, 0.2) is 30.3 Å². The van der Waals surface area contributed by atoms with Crippen molar-refractivity contribution in [1.82, 2.24) is 9.80 Å². The molecule has 1 aliphatic heterocycles. The van der Waals surface area contributed by atoms with Crippen LogP contribution in [0, 0.1) is 0 Å². The van der Waals surface area contributed by atoms with Gasteiger partial charge in [0, 0.05) is 24.4 Å². The molecule has 0 radical (unpaired) electrons. The van der Waals surface area contributed by atoms with Gasteiger partial charge in [0.05, 0.1) is 5.88 Å². The van der Waals surface area contributed by atoms with E-state index in [4.69, 9.17) is 0 Å². The van der Waals surface area contributed by atoms with E-state index in [0.29, 0.717) is 23.2 Å². The number of benzene rings is 1. The number of rotatable bonds is 3. The number of thioether (sulfide) groups is 1. The van der Waals surface area contributed by atoms with Gasteiger partial charge in [0.2, 0.25) is 5.91 Å². The molecule has 1 aliphatic carbocycles. The number of nitrogens with zero attached hydrogens (tertiary/aromatic N) is 2. The maximum absolute atomic E-state index is 13.0. The predicted molar refractivity (Wildman–Crippen MR) is 98.0 cm³/mol. The van der Waals surface area contributed by atoms with Gasteiger partial charge in [-0.2, -0.15) is 0 Å². The highest BCUT2D eigenvalue weighted by atomic mass is 32.2. The molecule has 1 heterocycles. The van der Waals surface area contributed by atoms with Crippen LogP contribution in [0.5, 0.6) is 0 Å². The lowest BCUT2D eigenvalue weighted by Gasteiger charge is -2.32. The average Bonchev–Trinajstić information content (AvgIpc) is 2.95. The molecule has 130 valence electrons. The summed E-state index contributed by atoms with van der Waals surface area (Å²) >= 11 is 1.67. The van der Waals surface area contributed by atoms with Crippen LogP contribution in [0.4, 0.5) is 0 Å². The Kier molecular flexibility index (Phi) is 5.82. The fraction of sp³-hybridized carbons (Fsp3) is 0.579. The van der Waals surface area contributed by atoms with Crippen molar-refractivity contribution in [2.24, 2.45) is 0 Å². The molecule has 0 spiro atoms. The molecule has 1 atom stereocenters. The second-order valence-electron chi connectivity index (χ2n) is 6.75. The lowest BCUT2D eigenvalue weighted by molar-refractivity contribution is -0.135. The van der Waals surface area contributed by atoms with Gasteiger partial charge in [-0.15, -0.1) is 11.8 Å². The monoisotopic (exact) mass is 346 g/mol. The van der Waals surface area contributed by atoms with Crippen LogP contribution in [-0.4, -0.2) is 52.4 Å². The van der Waals surface area contributed by atoms with Crippen LogP contribution in [0.2, 0.25) is 0 Å². The second-order valence-corrected chi connectivity index (χ2v) is 7.75. The first kappa shape index (κ1) is 17.3. The molecule has 1 aromatic rings. The van der Waals surface area contributed by atoms with E-state index in [1.807, 2.05) is 42.3 Å². The van der Waals surface area contributed by atoms with Crippen molar-refractivity contribution in [2.75, 3.05) is 18.7 Å². The highest BCUT2D eigenvalue weighted by molar-refractivity contribution is 7.99. The van der Waals surface area contributed by atoms with Crippen molar-refractivity contribution < 1.29 is 9.59 Å². The maximum atomic E-state index is 13.0. The van der Waals surface area contributed by atoms with Crippen LogP contribution in [0.3, 0.4) is 0 Å². The molecule has 0 unspecified atom stereocenters. The van der Waals surface area contributed by atoms with Crippen molar-refractivity contribution in [3.63, 3.8) is 0 Å². The summed E-state index contributed by atoms with van der Waals surface area (Å²) in [5.74, 6) is 1.38. The zero-order valence-corrected chi connectivity index (χ0v) is 15.1. The molecule has 0 bridgehead atoms. The van der Waals surface area contributed by atoms with Crippen molar-refractivity contribution in [3.05, 3.63) is 35.9 Å². The molecule has 4 nitrogen and oxygen atoms in total. The van der Waals surface area contributed by atoms with E-state index < -0.39 is 0 Å². The Balaban J connectivity index is 1.70. The minimum Gasteiger partial charge on any atom is -0.341 e. The molecule has 1 aromatic carbocycles. The molecular weight excluding hydrogens is 320 g/mol. The van der Waals surface area contributed by atoms with E-state index in [-0.39, 0.29) is 17.9 Å². The Morgan fingerprint density at radius 3 is 2.42 bits per heavy atom. The highest BCUT2D eigenvalue weighted by Crippen LogP contribution is 2.27. The first-order chi connectivity index (χ1) is 11.7. The smallest absolute Gasteiger partial charge is 0.255 e. The Morgan fingerprint density at radius 1 is 1.08 bits per heavy atom. The van der Waals surface area contributed by atoms with Gasteiger partial charge in [-0.25, -0.2) is 0 Å². The Bertz CT molecular complexity index is 570. The molecule has 0 aromatic heterocycles. The fourth-order valence-corrected chi connectivity index (χ4v) is 4.80. The summed E-state index contributed by atoms with van der Waals surface area (Å²) in [6, 6.07) is 9.28. The summed E-state index contributed by atoms with van der Waals surface area (Å²) in [6.45, 7) is 0. The zero-order valence-electron chi connectivity index (χ0n) is 14.3. The molecule has 5 heteroatoms. The highest BCUT2D eigenvalue weighted by Gasteiger charge is 2.38. The van der Waals surface area contributed by atoms with Gasteiger partial charge in [-0.05, 0) is 25.0 Å². The largest absolute Gasteiger partial charge is 0.341 e. The Labute approximate surface area is 148 Å². The first-order valence-corrected chi connectivity index (χ1v) is 10.0. The third-order valence-corrected chi connectivity index (χ3v) is 6.18.